The lowest BCUT2D eigenvalue weighted by atomic mass is 9.84. The average Bonchev–Trinajstić information content (AvgIpc) is 2.70. The molecule has 4 nitrogen and oxygen atoms in total. The highest BCUT2D eigenvalue weighted by atomic mass is 16.3. The van der Waals surface area contributed by atoms with Crippen molar-refractivity contribution in [2.45, 2.75) is 76.0 Å². The fraction of sp³-hybridized carbons (Fsp3) is 0.500. The van der Waals surface area contributed by atoms with Gasteiger partial charge in [-0.15, -0.1) is 0 Å². The Balaban J connectivity index is 0.000000161. The van der Waals surface area contributed by atoms with Gasteiger partial charge in [0.1, 0.15) is 23.0 Å². The first-order valence-electron chi connectivity index (χ1n) is 10.6. The maximum atomic E-state index is 9.68. The van der Waals surface area contributed by atoms with Gasteiger partial charge < -0.3 is 20.4 Å². The highest BCUT2D eigenvalue weighted by molar-refractivity contribution is 5.42. The molecule has 0 radical (unpaired) electrons. The first kappa shape index (κ1) is 20.4. The van der Waals surface area contributed by atoms with Gasteiger partial charge in [-0.1, -0.05) is 50.7 Å². The first-order chi connectivity index (χ1) is 13.5. The summed E-state index contributed by atoms with van der Waals surface area (Å²) in [7, 11) is 0. The predicted octanol–water partition coefficient (Wildman–Crippen LogP) is 6.29. The lowest BCUT2D eigenvalue weighted by molar-refractivity contribution is 0.408. The highest BCUT2D eigenvalue weighted by Gasteiger charge is 2.19. The summed E-state index contributed by atoms with van der Waals surface area (Å²) >= 11 is 0. The van der Waals surface area contributed by atoms with E-state index in [9.17, 15) is 20.4 Å². The molecule has 0 atom stereocenters. The fourth-order valence-electron chi connectivity index (χ4n) is 4.58. The second-order valence-electron chi connectivity index (χ2n) is 8.16. The van der Waals surface area contributed by atoms with Crippen LogP contribution >= 0.6 is 0 Å². The summed E-state index contributed by atoms with van der Waals surface area (Å²) in [4.78, 5) is 0. The van der Waals surface area contributed by atoms with E-state index in [1.165, 1.54) is 76.3 Å². The molecule has 2 saturated carbocycles. The zero-order valence-corrected chi connectivity index (χ0v) is 16.5. The zero-order chi connectivity index (χ0) is 19.9. The van der Waals surface area contributed by atoms with Crippen LogP contribution in [0.25, 0.3) is 0 Å². The third kappa shape index (κ3) is 5.34. The number of benzene rings is 2. The molecule has 0 bridgehead atoms. The zero-order valence-electron chi connectivity index (χ0n) is 16.5. The number of rotatable bonds is 2. The summed E-state index contributed by atoms with van der Waals surface area (Å²) in [5, 5.41) is 37.7. The Morgan fingerprint density at radius 2 is 0.857 bits per heavy atom. The van der Waals surface area contributed by atoms with Crippen LogP contribution in [0.15, 0.2) is 36.4 Å². The molecule has 0 unspecified atom stereocenters. The van der Waals surface area contributed by atoms with Crippen molar-refractivity contribution in [2.24, 2.45) is 0 Å². The fourth-order valence-corrected chi connectivity index (χ4v) is 4.58. The molecule has 4 rings (SSSR count). The summed E-state index contributed by atoms with van der Waals surface area (Å²) in [6.07, 6.45) is 12.3. The van der Waals surface area contributed by atoms with Gasteiger partial charge in [0.15, 0.2) is 0 Å². The van der Waals surface area contributed by atoms with Crippen LogP contribution in [0.5, 0.6) is 23.0 Å². The maximum absolute atomic E-state index is 9.68. The molecule has 28 heavy (non-hydrogen) atoms. The Morgan fingerprint density at radius 1 is 0.500 bits per heavy atom. The third-order valence-electron chi connectivity index (χ3n) is 6.12. The molecule has 2 aromatic rings. The van der Waals surface area contributed by atoms with E-state index in [2.05, 4.69) is 0 Å². The van der Waals surface area contributed by atoms with Gasteiger partial charge in [0.05, 0.1) is 0 Å². The molecule has 0 saturated heterocycles. The van der Waals surface area contributed by atoms with Crippen molar-refractivity contribution in [1.29, 1.82) is 0 Å². The van der Waals surface area contributed by atoms with Gasteiger partial charge in [0.25, 0.3) is 0 Å². The summed E-state index contributed by atoms with van der Waals surface area (Å²) in [5.41, 5.74) is 2.00. The Bertz CT molecular complexity index is 694. The van der Waals surface area contributed by atoms with Crippen molar-refractivity contribution in [2.75, 3.05) is 0 Å². The molecule has 0 aliphatic heterocycles. The quantitative estimate of drug-likeness (QED) is 0.490. The van der Waals surface area contributed by atoms with Crippen molar-refractivity contribution >= 4 is 0 Å². The minimum absolute atomic E-state index is 0.141. The van der Waals surface area contributed by atoms with Crippen LogP contribution < -0.4 is 0 Å². The average molecular weight is 385 g/mol. The Morgan fingerprint density at radius 3 is 1.18 bits per heavy atom. The van der Waals surface area contributed by atoms with Crippen LogP contribution in [0.2, 0.25) is 0 Å². The molecule has 0 aromatic heterocycles. The molecule has 0 amide bonds. The molecule has 2 aliphatic rings. The van der Waals surface area contributed by atoms with Crippen LogP contribution in [0.3, 0.4) is 0 Å². The lowest BCUT2D eigenvalue weighted by Crippen LogP contribution is -2.04. The molecule has 4 heteroatoms. The minimum atomic E-state index is 0.141. The van der Waals surface area contributed by atoms with E-state index in [1.54, 1.807) is 12.1 Å². The van der Waals surface area contributed by atoms with Gasteiger partial charge in [-0.2, -0.15) is 0 Å². The van der Waals surface area contributed by atoms with E-state index >= 15 is 0 Å². The number of phenols is 4. The lowest BCUT2D eigenvalue weighted by Gasteiger charge is -2.22. The Hall–Kier alpha value is -2.36. The highest BCUT2D eigenvalue weighted by Crippen LogP contribution is 2.39. The van der Waals surface area contributed by atoms with Crippen LogP contribution in [0, 0.1) is 0 Å². The normalized spacial score (nSPS) is 18.3. The summed E-state index contributed by atoms with van der Waals surface area (Å²) < 4.78 is 0. The van der Waals surface area contributed by atoms with Gasteiger partial charge in [0.2, 0.25) is 0 Å². The smallest absolute Gasteiger partial charge is 0.122 e. The van der Waals surface area contributed by atoms with E-state index in [-0.39, 0.29) is 23.0 Å². The van der Waals surface area contributed by atoms with Crippen LogP contribution in [0.4, 0.5) is 0 Å². The molecule has 4 N–H and O–H groups in total. The van der Waals surface area contributed by atoms with E-state index in [0.717, 1.165) is 11.1 Å². The van der Waals surface area contributed by atoms with Crippen LogP contribution in [0.1, 0.15) is 87.2 Å². The van der Waals surface area contributed by atoms with E-state index in [1.807, 2.05) is 12.1 Å². The number of aromatic hydroxyl groups is 4. The molecular formula is C24H32O4. The summed E-state index contributed by atoms with van der Waals surface area (Å²) in [5.74, 6) is 1.76. The van der Waals surface area contributed by atoms with E-state index in [4.69, 9.17) is 0 Å². The predicted molar refractivity (Wildman–Crippen MR) is 111 cm³/mol. The van der Waals surface area contributed by atoms with Crippen LogP contribution in [-0.4, -0.2) is 20.4 Å². The summed E-state index contributed by atoms with van der Waals surface area (Å²) in [6.45, 7) is 0. The van der Waals surface area contributed by atoms with E-state index < -0.39 is 0 Å². The molecule has 152 valence electrons. The number of hydrogen-bond donors (Lipinski definition) is 4. The number of hydrogen-bond acceptors (Lipinski definition) is 4. The molecule has 2 aromatic carbocycles. The number of phenolic OH excluding ortho intramolecular Hbond substituents is 4. The molecule has 0 heterocycles. The van der Waals surface area contributed by atoms with Crippen molar-refractivity contribution in [3.63, 3.8) is 0 Å². The topological polar surface area (TPSA) is 80.9 Å². The molecule has 2 fully saturated rings. The second kappa shape index (κ2) is 9.72. The molecule has 0 spiro atoms. The maximum Gasteiger partial charge on any atom is 0.122 e. The van der Waals surface area contributed by atoms with Gasteiger partial charge in [-0.05, 0) is 60.8 Å². The van der Waals surface area contributed by atoms with Gasteiger partial charge in [-0.25, -0.2) is 0 Å². The summed E-state index contributed by atoms with van der Waals surface area (Å²) in [6, 6.07) is 9.88. The van der Waals surface area contributed by atoms with Crippen molar-refractivity contribution in [1.82, 2.24) is 0 Å². The standard InChI is InChI=1S/2C12H16O2/c2*13-10-6-7-11(12(14)8-10)9-4-2-1-3-5-9/h2*6-9,13-14H,1-5H2. The first-order valence-corrected chi connectivity index (χ1v) is 10.6. The van der Waals surface area contributed by atoms with Crippen molar-refractivity contribution in [3.8, 4) is 23.0 Å². The van der Waals surface area contributed by atoms with Crippen molar-refractivity contribution < 1.29 is 20.4 Å². The second-order valence-corrected chi connectivity index (χ2v) is 8.16. The minimum Gasteiger partial charge on any atom is -0.508 e. The van der Waals surface area contributed by atoms with Gasteiger partial charge in [0, 0.05) is 12.1 Å². The van der Waals surface area contributed by atoms with Crippen molar-refractivity contribution in [3.05, 3.63) is 47.5 Å². The van der Waals surface area contributed by atoms with E-state index in [0.29, 0.717) is 11.8 Å². The van der Waals surface area contributed by atoms with Crippen LogP contribution in [-0.2, 0) is 0 Å². The molecular weight excluding hydrogens is 352 g/mol. The SMILES string of the molecule is Oc1ccc(C2CCCCC2)c(O)c1.Oc1ccc(C2CCCCC2)c(O)c1. The monoisotopic (exact) mass is 384 g/mol. The Kier molecular flexibility index (Phi) is 7.07. The Labute approximate surface area is 167 Å². The third-order valence-corrected chi connectivity index (χ3v) is 6.12. The van der Waals surface area contributed by atoms with Gasteiger partial charge in [-0.3, -0.25) is 0 Å². The largest absolute Gasteiger partial charge is 0.508 e. The molecule has 2 aliphatic carbocycles. The van der Waals surface area contributed by atoms with Gasteiger partial charge >= 0.3 is 0 Å².